The second-order valence-electron chi connectivity index (χ2n) is 5.39. The molecule has 0 aliphatic carbocycles. The Morgan fingerprint density at radius 3 is 2.16 bits per heavy atom. The summed E-state index contributed by atoms with van der Waals surface area (Å²) in [7, 11) is 0. The third-order valence-electron chi connectivity index (χ3n) is 3.25. The van der Waals surface area contributed by atoms with Crippen LogP contribution in [0.4, 0.5) is 0 Å². The Bertz CT molecular complexity index is 415. The average molecular weight is 374 g/mol. The predicted octanol–water partition coefficient (Wildman–Crippen LogP) is 6.57. The van der Waals surface area contributed by atoms with Crippen molar-refractivity contribution >= 4 is 57.7 Å². The molecule has 0 nitrogen and oxygen atoms in total. The first kappa shape index (κ1) is 17.9. The van der Waals surface area contributed by atoms with Crippen LogP contribution in [0, 0.1) is 6.92 Å². The van der Waals surface area contributed by atoms with Crippen molar-refractivity contribution < 1.29 is 0 Å². The van der Waals surface area contributed by atoms with Gasteiger partial charge in [-0.1, -0.05) is 31.2 Å². The Morgan fingerprint density at radius 2 is 1.63 bits per heavy atom. The van der Waals surface area contributed by atoms with Gasteiger partial charge in [-0.2, -0.15) is 0 Å². The molecule has 0 aromatic heterocycles. The van der Waals surface area contributed by atoms with Crippen molar-refractivity contribution in [2.24, 2.45) is 0 Å². The van der Waals surface area contributed by atoms with E-state index in [-0.39, 0.29) is 0 Å². The van der Waals surface area contributed by atoms with Crippen LogP contribution in [0.5, 0.6) is 0 Å². The van der Waals surface area contributed by atoms with Crippen LogP contribution in [0.25, 0.3) is 0 Å². The molecule has 0 bridgehead atoms. The molecule has 19 heavy (non-hydrogen) atoms. The largest absolute Gasteiger partial charge is 0.251 e. The summed E-state index contributed by atoms with van der Waals surface area (Å²) in [6.07, 6.45) is 0. The van der Waals surface area contributed by atoms with Gasteiger partial charge in [0.15, 0.2) is 0 Å². The van der Waals surface area contributed by atoms with E-state index < -0.39 is 13.4 Å². The van der Waals surface area contributed by atoms with Crippen LogP contribution in [0.1, 0.15) is 24.0 Å². The third kappa shape index (κ3) is 6.88. The van der Waals surface area contributed by atoms with Crippen LogP contribution >= 0.6 is 44.3 Å². The van der Waals surface area contributed by atoms with Crippen molar-refractivity contribution in [2.45, 2.75) is 44.4 Å². The molecule has 0 aliphatic heterocycles. The van der Waals surface area contributed by atoms with Crippen LogP contribution in [-0.2, 0) is 0 Å². The molecular formula is C13H20Cl4Si2. The van der Waals surface area contributed by atoms with E-state index in [0.717, 1.165) is 18.1 Å². The maximum Gasteiger partial charge on any atom is 0.251 e. The Labute approximate surface area is 137 Å². The van der Waals surface area contributed by atoms with Crippen molar-refractivity contribution in [2.75, 3.05) is 0 Å². The van der Waals surface area contributed by atoms with E-state index in [1.54, 1.807) is 0 Å². The van der Waals surface area contributed by atoms with E-state index in [2.05, 4.69) is 38.1 Å². The number of aryl methyl sites for hydroxylation is 1. The van der Waals surface area contributed by atoms with Gasteiger partial charge in [-0.05, 0) is 48.6 Å². The van der Waals surface area contributed by atoms with E-state index in [1.165, 1.54) is 11.1 Å². The van der Waals surface area contributed by atoms with E-state index in [9.17, 15) is 0 Å². The van der Waals surface area contributed by atoms with Crippen LogP contribution in [0.15, 0.2) is 24.3 Å². The van der Waals surface area contributed by atoms with Crippen molar-refractivity contribution in [3.05, 3.63) is 35.4 Å². The van der Waals surface area contributed by atoms with Crippen LogP contribution < -0.4 is 0 Å². The molecule has 0 amide bonds. The van der Waals surface area contributed by atoms with Gasteiger partial charge < -0.3 is 0 Å². The van der Waals surface area contributed by atoms with Crippen molar-refractivity contribution in [1.82, 2.24) is 0 Å². The molecule has 1 aromatic carbocycles. The fourth-order valence-electron chi connectivity index (χ4n) is 2.20. The third-order valence-corrected chi connectivity index (χ3v) is 10.3. The maximum atomic E-state index is 6.55. The van der Waals surface area contributed by atoms with Crippen molar-refractivity contribution in [3.8, 4) is 0 Å². The number of halogens is 4. The van der Waals surface area contributed by atoms with Gasteiger partial charge in [0.05, 0.1) is 0 Å². The highest BCUT2D eigenvalue weighted by atomic mass is 35.7. The number of benzene rings is 1. The van der Waals surface area contributed by atoms with Gasteiger partial charge in [-0.15, -0.1) is 44.3 Å². The number of hydrogen-bond acceptors (Lipinski definition) is 0. The van der Waals surface area contributed by atoms with E-state index >= 15 is 0 Å². The lowest BCUT2D eigenvalue weighted by Crippen LogP contribution is -2.25. The summed E-state index contributed by atoms with van der Waals surface area (Å²) < 4.78 is 0. The van der Waals surface area contributed by atoms with E-state index in [0.29, 0.717) is 5.92 Å². The summed E-state index contributed by atoms with van der Waals surface area (Å²) in [5.41, 5.74) is 2.62. The molecule has 1 atom stereocenters. The van der Waals surface area contributed by atoms with Gasteiger partial charge in [-0.25, -0.2) is 0 Å². The molecule has 6 heteroatoms. The van der Waals surface area contributed by atoms with Crippen LogP contribution in [0.2, 0.25) is 24.7 Å². The maximum absolute atomic E-state index is 6.55. The molecule has 0 heterocycles. The molecule has 0 spiro atoms. The fraction of sp³-hybridized carbons (Fsp3) is 0.538. The summed E-state index contributed by atoms with van der Waals surface area (Å²) in [6.45, 7) is 1.86. The highest BCUT2D eigenvalue weighted by Crippen LogP contribution is 2.38. The lowest BCUT2D eigenvalue weighted by molar-refractivity contribution is 0.842. The number of hydrogen-bond donors (Lipinski definition) is 0. The number of rotatable bonds is 6. The zero-order chi connectivity index (χ0) is 14.7. The lowest BCUT2D eigenvalue weighted by atomic mass is 9.98. The highest BCUT2D eigenvalue weighted by molar-refractivity contribution is 7.48. The second-order valence-corrected chi connectivity index (χ2v) is 21.2. The van der Waals surface area contributed by atoms with E-state index in [1.807, 2.05) is 6.55 Å². The molecule has 0 saturated carbocycles. The molecule has 0 N–H and O–H groups in total. The summed E-state index contributed by atoms with van der Waals surface area (Å²) in [5, 5.41) is 0. The fourth-order valence-corrected chi connectivity index (χ4v) is 11.5. The monoisotopic (exact) mass is 372 g/mol. The minimum absolute atomic E-state index is 0.376. The minimum Gasteiger partial charge on any atom is -0.146 e. The quantitative estimate of drug-likeness (QED) is 0.390. The molecule has 1 rings (SSSR count). The normalized spacial score (nSPS) is 14.5. The molecule has 0 radical (unpaired) electrons. The molecule has 1 aromatic rings. The summed E-state index contributed by atoms with van der Waals surface area (Å²) >= 11 is 25.4. The van der Waals surface area contributed by atoms with Gasteiger partial charge in [0.1, 0.15) is 0 Å². The lowest BCUT2D eigenvalue weighted by Gasteiger charge is -2.24. The molecule has 0 aliphatic rings. The molecule has 0 saturated heterocycles. The Hall–Kier alpha value is 0.814. The Kier molecular flexibility index (Phi) is 6.76. The molecule has 0 fully saturated rings. The summed E-state index contributed by atoms with van der Waals surface area (Å²) in [4.78, 5) is 0. The summed E-state index contributed by atoms with van der Waals surface area (Å²) in [5.74, 6) is 0.376. The Morgan fingerprint density at radius 1 is 1.05 bits per heavy atom. The van der Waals surface area contributed by atoms with Gasteiger partial charge in [0.25, 0.3) is 6.69 Å². The topological polar surface area (TPSA) is 0 Å². The second kappa shape index (κ2) is 7.19. The van der Waals surface area contributed by atoms with Crippen LogP contribution in [0.3, 0.4) is 0 Å². The van der Waals surface area contributed by atoms with Crippen LogP contribution in [-0.4, -0.2) is 13.4 Å². The van der Waals surface area contributed by atoms with Gasteiger partial charge in [-0.3, -0.25) is 0 Å². The van der Waals surface area contributed by atoms with Gasteiger partial charge in [0, 0.05) is 0 Å². The molecular weight excluding hydrogens is 354 g/mol. The standard InChI is InChI=1S/C13H20Cl4Si2/c1-11-6-4-5-7-13(11)12(2)10-19(16,17)9-8-18(3,14)15/h4-7,12H,8-10H2,1-3H3. The SMILES string of the molecule is Cc1ccccc1C(C)C[Si](Cl)(Cl)CC[Si](C)(Cl)Cl. The first-order valence-electron chi connectivity index (χ1n) is 6.42. The first-order valence-corrected chi connectivity index (χ1v) is 15.6. The minimum atomic E-state index is -2.27. The zero-order valence-corrected chi connectivity index (χ0v) is 16.5. The molecule has 1 unspecified atom stereocenters. The van der Waals surface area contributed by atoms with E-state index in [4.69, 9.17) is 44.3 Å². The predicted molar refractivity (Wildman–Crippen MR) is 94.8 cm³/mol. The Balaban J connectivity index is 2.65. The average Bonchev–Trinajstić information content (AvgIpc) is 2.25. The van der Waals surface area contributed by atoms with Crippen molar-refractivity contribution in [3.63, 3.8) is 0 Å². The first-order chi connectivity index (χ1) is 8.61. The smallest absolute Gasteiger partial charge is 0.146 e. The van der Waals surface area contributed by atoms with Crippen molar-refractivity contribution in [1.29, 1.82) is 0 Å². The van der Waals surface area contributed by atoms with Gasteiger partial charge >= 0.3 is 0 Å². The highest BCUT2D eigenvalue weighted by Gasteiger charge is 2.34. The molecule has 108 valence electrons. The summed E-state index contributed by atoms with van der Waals surface area (Å²) in [6, 6.07) is 10.8. The zero-order valence-electron chi connectivity index (χ0n) is 11.5. The van der Waals surface area contributed by atoms with Gasteiger partial charge in [0.2, 0.25) is 6.69 Å².